The molecule has 2 amide bonds. The van der Waals surface area contributed by atoms with Crippen molar-refractivity contribution >= 4 is 23.2 Å². The highest BCUT2D eigenvalue weighted by molar-refractivity contribution is 6.02. The van der Waals surface area contributed by atoms with Crippen LogP contribution in [0.2, 0.25) is 0 Å². The number of nitrogens with one attached hydrogen (secondary N) is 1. The summed E-state index contributed by atoms with van der Waals surface area (Å²) in [5, 5.41) is 21.7. The summed E-state index contributed by atoms with van der Waals surface area (Å²) in [7, 11) is 0. The van der Waals surface area contributed by atoms with E-state index in [9.17, 15) is 19.7 Å². The molecule has 0 saturated carbocycles. The molecule has 1 aromatic rings. The lowest BCUT2D eigenvalue weighted by Gasteiger charge is -2.27. The number of carbonyl (C=O) groups excluding carboxylic acids is 2. The van der Waals surface area contributed by atoms with Crippen molar-refractivity contribution < 1.29 is 14.5 Å². The van der Waals surface area contributed by atoms with Crippen LogP contribution in [-0.4, -0.2) is 29.8 Å². The Labute approximate surface area is 107 Å². The number of benzene rings is 1. The monoisotopic (exact) mass is 260 g/mol. The molecule has 1 N–H and O–H groups in total. The molecule has 0 aromatic heterocycles. The zero-order valence-corrected chi connectivity index (χ0v) is 9.62. The van der Waals surface area contributed by atoms with Crippen LogP contribution in [0.1, 0.15) is 5.56 Å². The molecule has 1 aromatic carbocycles. The molecule has 0 bridgehead atoms. The average molecular weight is 260 g/mol. The van der Waals surface area contributed by atoms with E-state index < -0.39 is 16.7 Å². The fourth-order valence-corrected chi connectivity index (χ4v) is 1.79. The van der Waals surface area contributed by atoms with Gasteiger partial charge in [-0.3, -0.25) is 25.0 Å². The van der Waals surface area contributed by atoms with Gasteiger partial charge in [0.15, 0.2) is 0 Å². The normalized spacial score (nSPS) is 14.8. The molecule has 0 aliphatic carbocycles. The number of nitro benzene ring substituents is 1. The first kappa shape index (κ1) is 12.5. The number of piperazine rings is 1. The smallest absolute Gasteiger partial charge is 0.287 e. The summed E-state index contributed by atoms with van der Waals surface area (Å²) in [5.41, 5.74) is 0.00492. The van der Waals surface area contributed by atoms with Crippen molar-refractivity contribution in [2.45, 2.75) is 0 Å². The fourth-order valence-electron chi connectivity index (χ4n) is 1.79. The predicted octanol–water partition coefficient (Wildman–Crippen LogP) is -0.0707. The molecule has 1 aliphatic heterocycles. The van der Waals surface area contributed by atoms with Gasteiger partial charge in [0.2, 0.25) is 11.8 Å². The largest absolute Gasteiger partial charge is 0.353 e. The lowest BCUT2D eigenvalue weighted by molar-refractivity contribution is -0.385. The molecule has 2 rings (SSSR count). The van der Waals surface area contributed by atoms with Gasteiger partial charge in [0, 0.05) is 11.8 Å². The van der Waals surface area contributed by atoms with Crippen molar-refractivity contribution in [1.82, 2.24) is 5.32 Å². The van der Waals surface area contributed by atoms with E-state index in [2.05, 4.69) is 5.32 Å². The Kier molecular flexibility index (Phi) is 3.12. The van der Waals surface area contributed by atoms with Crippen LogP contribution in [0.25, 0.3) is 0 Å². The number of anilines is 1. The minimum Gasteiger partial charge on any atom is -0.353 e. The van der Waals surface area contributed by atoms with Gasteiger partial charge >= 0.3 is 0 Å². The maximum Gasteiger partial charge on any atom is 0.287 e. The number of imide groups is 1. The number of nitriles is 1. The lowest BCUT2D eigenvalue weighted by Crippen LogP contribution is -2.51. The highest BCUT2D eigenvalue weighted by Crippen LogP contribution is 2.24. The van der Waals surface area contributed by atoms with Gasteiger partial charge in [0.25, 0.3) is 5.69 Å². The van der Waals surface area contributed by atoms with Gasteiger partial charge < -0.3 is 4.90 Å². The maximum absolute atomic E-state index is 11.2. The summed E-state index contributed by atoms with van der Waals surface area (Å²) >= 11 is 0. The minimum atomic E-state index is -0.656. The second kappa shape index (κ2) is 4.73. The van der Waals surface area contributed by atoms with E-state index >= 15 is 0 Å². The van der Waals surface area contributed by atoms with Crippen LogP contribution in [0.15, 0.2) is 18.2 Å². The van der Waals surface area contributed by atoms with E-state index in [1.165, 1.54) is 23.1 Å². The van der Waals surface area contributed by atoms with Crippen molar-refractivity contribution in [1.29, 1.82) is 5.26 Å². The first-order valence-corrected chi connectivity index (χ1v) is 5.27. The number of hydrogen-bond acceptors (Lipinski definition) is 6. The Balaban J connectivity index is 2.36. The lowest BCUT2D eigenvalue weighted by atomic mass is 10.1. The molecule has 1 heterocycles. The summed E-state index contributed by atoms with van der Waals surface area (Å²) in [6.07, 6.45) is 0. The Morgan fingerprint density at radius 1 is 1.32 bits per heavy atom. The van der Waals surface area contributed by atoms with Gasteiger partial charge in [0.1, 0.15) is 11.6 Å². The van der Waals surface area contributed by atoms with Crippen LogP contribution in [0.3, 0.4) is 0 Å². The van der Waals surface area contributed by atoms with Crippen molar-refractivity contribution in [2.75, 3.05) is 18.0 Å². The second-order valence-corrected chi connectivity index (χ2v) is 3.90. The molecular weight excluding hydrogens is 252 g/mol. The van der Waals surface area contributed by atoms with Gasteiger partial charge in [-0.05, 0) is 12.1 Å². The Bertz CT molecular complexity index is 604. The highest BCUT2D eigenvalue weighted by Gasteiger charge is 2.24. The van der Waals surface area contributed by atoms with Crippen LogP contribution in [-0.2, 0) is 9.59 Å². The first-order chi connectivity index (χ1) is 9.01. The predicted molar refractivity (Wildman–Crippen MR) is 63.2 cm³/mol. The zero-order valence-electron chi connectivity index (χ0n) is 9.62. The molecular formula is C11H8N4O4. The van der Waals surface area contributed by atoms with Gasteiger partial charge in [0.05, 0.1) is 18.0 Å². The van der Waals surface area contributed by atoms with Crippen LogP contribution in [0.4, 0.5) is 11.4 Å². The molecule has 1 saturated heterocycles. The van der Waals surface area contributed by atoms with Crippen LogP contribution in [0.5, 0.6) is 0 Å². The topological polar surface area (TPSA) is 116 Å². The molecule has 0 atom stereocenters. The van der Waals surface area contributed by atoms with Gasteiger partial charge in [-0.15, -0.1) is 0 Å². The first-order valence-electron chi connectivity index (χ1n) is 5.27. The summed E-state index contributed by atoms with van der Waals surface area (Å²) in [6.45, 7) is -0.0666. The summed E-state index contributed by atoms with van der Waals surface area (Å²) in [6, 6.07) is 5.61. The number of amides is 2. The van der Waals surface area contributed by atoms with Crippen LogP contribution < -0.4 is 10.2 Å². The Hall–Kier alpha value is -2.95. The summed E-state index contributed by atoms with van der Waals surface area (Å²) in [5.74, 6) is -0.902. The van der Waals surface area contributed by atoms with Crippen LogP contribution >= 0.6 is 0 Å². The third kappa shape index (κ3) is 2.50. The molecule has 0 unspecified atom stereocenters. The molecule has 8 heteroatoms. The van der Waals surface area contributed by atoms with Crippen molar-refractivity contribution in [3.8, 4) is 6.07 Å². The fraction of sp³-hybridized carbons (Fsp3) is 0.182. The van der Waals surface area contributed by atoms with E-state index in [1.807, 2.05) is 0 Å². The third-order valence-electron chi connectivity index (χ3n) is 2.61. The number of carbonyl (C=O) groups is 2. The standard InChI is InChI=1S/C11H8N4O4/c12-4-7-3-8(1-2-9(7)15(18)19)14-5-10(16)13-11(17)6-14/h1-3H,5-6H2,(H,13,16,17). The Morgan fingerprint density at radius 2 is 1.95 bits per heavy atom. The van der Waals surface area contributed by atoms with E-state index in [1.54, 1.807) is 6.07 Å². The van der Waals surface area contributed by atoms with Crippen molar-refractivity contribution in [2.24, 2.45) is 0 Å². The van der Waals surface area contributed by atoms with E-state index in [-0.39, 0.29) is 24.3 Å². The van der Waals surface area contributed by atoms with E-state index in [0.29, 0.717) is 5.69 Å². The number of hydrogen-bond donors (Lipinski definition) is 1. The molecule has 1 aliphatic rings. The molecule has 8 nitrogen and oxygen atoms in total. The second-order valence-electron chi connectivity index (χ2n) is 3.90. The zero-order chi connectivity index (χ0) is 14.0. The summed E-state index contributed by atoms with van der Waals surface area (Å²) in [4.78, 5) is 34.0. The van der Waals surface area contributed by atoms with Gasteiger partial charge in [-0.25, -0.2) is 0 Å². The third-order valence-corrected chi connectivity index (χ3v) is 2.61. The number of rotatable bonds is 2. The molecule has 96 valence electrons. The molecule has 0 spiro atoms. The molecule has 0 radical (unpaired) electrons. The Morgan fingerprint density at radius 3 is 2.47 bits per heavy atom. The van der Waals surface area contributed by atoms with Gasteiger partial charge in [-0.2, -0.15) is 5.26 Å². The van der Waals surface area contributed by atoms with E-state index in [4.69, 9.17) is 5.26 Å². The van der Waals surface area contributed by atoms with Crippen molar-refractivity contribution in [3.63, 3.8) is 0 Å². The SMILES string of the molecule is N#Cc1cc(N2CC(=O)NC(=O)C2)ccc1[N+](=O)[O-]. The number of nitrogens with zero attached hydrogens (tertiary/aromatic N) is 3. The van der Waals surface area contributed by atoms with Gasteiger partial charge in [-0.1, -0.05) is 0 Å². The quantitative estimate of drug-likeness (QED) is 0.452. The van der Waals surface area contributed by atoms with Crippen molar-refractivity contribution in [3.05, 3.63) is 33.9 Å². The highest BCUT2D eigenvalue weighted by atomic mass is 16.6. The van der Waals surface area contributed by atoms with E-state index in [0.717, 1.165) is 0 Å². The molecule has 1 fully saturated rings. The number of nitro groups is 1. The van der Waals surface area contributed by atoms with Crippen LogP contribution in [0, 0.1) is 21.4 Å². The minimum absolute atomic E-state index is 0.0333. The maximum atomic E-state index is 11.2. The molecule has 19 heavy (non-hydrogen) atoms. The average Bonchev–Trinajstić information content (AvgIpc) is 2.36. The summed E-state index contributed by atoms with van der Waals surface area (Å²) < 4.78 is 0.